The largest absolute Gasteiger partial charge is 0.479 e. The molecule has 3 heterocycles. The van der Waals surface area contributed by atoms with E-state index in [0.29, 0.717) is 17.9 Å². The third kappa shape index (κ3) is 5.14. The van der Waals surface area contributed by atoms with Crippen LogP contribution in [0, 0.1) is 5.92 Å². The van der Waals surface area contributed by atoms with Crippen molar-refractivity contribution in [2.24, 2.45) is 5.92 Å². The van der Waals surface area contributed by atoms with Crippen molar-refractivity contribution >= 4 is 27.6 Å². The topological polar surface area (TPSA) is 147 Å². The molecule has 3 aromatic heterocycles. The Bertz CT molecular complexity index is 1340. The zero-order chi connectivity index (χ0) is 26.9. The maximum absolute atomic E-state index is 13.6. The first-order valence-electron chi connectivity index (χ1n) is 11.2. The third-order valence-electron chi connectivity index (χ3n) is 6.51. The first kappa shape index (κ1) is 26.9. The summed E-state index contributed by atoms with van der Waals surface area (Å²) < 4.78 is 68.5. The van der Waals surface area contributed by atoms with Crippen LogP contribution in [-0.2, 0) is 10.0 Å². The van der Waals surface area contributed by atoms with E-state index in [1.165, 1.54) is 44.4 Å². The minimum Gasteiger partial charge on any atom is -0.479 e. The van der Waals surface area contributed by atoms with Gasteiger partial charge < -0.3 is 9.47 Å². The predicted molar refractivity (Wildman–Crippen MR) is 129 cm³/mol. The van der Waals surface area contributed by atoms with E-state index in [4.69, 9.17) is 21.1 Å². The van der Waals surface area contributed by atoms with Gasteiger partial charge in [-0.15, -0.1) is 10.2 Å². The summed E-state index contributed by atoms with van der Waals surface area (Å²) in [5, 5.41) is 7.40. The first-order valence-corrected chi connectivity index (χ1v) is 13.2. The van der Waals surface area contributed by atoms with Crippen molar-refractivity contribution < 1.29 is 26.7 Å². The second kappa shape index (κ2) is 10.7. The summed E-state index contributed by atoms with van der Waals surface area (Å²) in [4.78, 5) is 16.4. The van der Waals surface area contributed by atoms with E-state index in [-0.39, 0.29) is 35.0 Å². The maximum atomic E-state index is 13.6. The zero-order valence-electron chi connectivity index (χ0n) is 20.3. The van der Waals surface area contributed by atoms with Crippen LogP contribution in [0.5, 0.6) is 11.8 Å². The first-order chi connectivity index (χ1) is 17.6. The maximum Gasteiger partial charge on any atom is 0.245 e. The van der Waals surface area contributed by atoms with E-state index in [1.807, 2.05) is 0 Å². The minimum absolute atomic E-state index is 0.0113. The number of halogens is 3. The lowest BCUT2D eigenvalue weighted by atomic mass is 9.73. The monoisotopic (exact) mass is 558 g/mol. The Morgan fingerprint density at radius 1 is 1.05 bits per heavy atom. The molecule has 0 unspecified atom stereocenters. The fourth-order valence-electron chi connectivity index (χ4n) is 4.06. The normalized spacial score (nSPS) is 19.2. The van der Waals surface area contributed by atoms with Crippen LogP contribution in [0.2, 0.25) is 5.02 Å². The molecule has 3 aromatic rings. The molecule has 12 nitrogen and oxygen atoms in total. The summed E-state index contributed by atoms with van der Waals surface area (Å²) in [6.45, 7) is 3.14. The molecule has 4 atom stereocenters. The van der Waals surface area contributed by atoms with Crippen LogP contribution in [0.4, 0.5) is 14.7 Å². The predicted octanol–water partition coefficient (Wildman–Crippen LogP) is 3.21. The molecule has 0 aromatic carbocycles. The number of anilines is 1. The number of methoxy groups -OCH3 is 2. The van der Waals surface area contributed by atoms with Crippen LogP contribution in [0.25, 0.3) is 5.69 Å². The minimum atomic E-state index is -4.13. The summed E-state index contributed by atoms with van der Waals surface area (Å²) in [7, 11) is -1.43. The Morgan fingerprint density at radius 3 is 2.19 bits per heavy atom. The average molecular weight is 559 g/mol. The van der Waals surface area contributed by atoms with E-state index in [9.17, 15) is 17.2 Å². The van der Waals surface area contributed by atoms with Crippen LogP contribution in [0.15, 0.2) is 18.7 Å². The number of sulfonamides is 1. The molecule has 0 amide bonds. The SMILES string of the molecule is COc1ncnc(OC)c1-n1c(NS(=O)(=O)[C@@H](C)[C@H](C)c2ncc(Cl)cn2)nnc1[C@H]1CC[C@@H]1C(F)F. The molecule has 1 aliphatic carbocycles. The van der Waals surface area contributed by atoms with Gasteiger partial charge in [0.25, 0.3) is 0 Å². The van der Waals surface area contributed by atoms with Crippen LogP contribution in [-0.4, -0.2) is 69.0 Å². The van der Waals surface area contributed by atoms with Gasteiger partial charge in [0.05, 0.1) is 24.5 Å². The summed E-state index contributed by atoms with van der Waals surface area (Å²) in [6, 6.07) is 0. The number of alkyl halides is 2. The van der Waals surface area contributed by atoms with Gasteiger partial charge in [-0.1, -0.05) is 18.5 Å². The molecule has 1 fully saturated rings. The lowest BCUT2D eigenvalue weighted by Gasteiger charge is -2.35. The summed E-state index contributed by atoms with van der Waals surface area (Å²) >= 11 is 5.84. The fourth-order valence-corrected chi connectivity index (χ4v) is 5.39. The molecule has 0 aliphatic heterocycles. The van der Waals surface area contributed by atoms with Gasteiger partial charge in [0.1, 0.15) is 18.0 Å². The van der Waals surface area contributed by atoms with Gasteiger partial charge in [0.2, 0.25) is 34.2 Å². The van der Waals surface area contributed by atoms with E-state index >= 15 is 0 Å². The van der Waals surface area contributed by atoms with Gasteiger partial charge in [-0.3, -0.25) is 9.29 Å². The van der Waals surface area contributed by atoms with E-state index < -0.39 is 39.5 Å². The molecule has 0 bridgehead atoms. The van der Waals surface area contributed by atoms with Crippen molar-refractivity contribution in [3.8, 4) is 17.4 Å². The Hall–Kier alpha value is -3.20. The summed E-state index contributed by atoms with van der Waals surface area (Å²) in [5.74, 6) is -2.12. The summed E-state index contributed by atoms with van der Waals surface area (Å²) in [6.07, 6.45) is 2.07. The number of nitrogens with zero attached hydrogens (tertiary/aromatic N) is 7. The highest BCUT2D eigenvalue weighted by Gasteiger charge is 2.43. The van der Waals surface area contributed by atoms with Gasteiger partial charge in [-0.05, 0) is 19.8 Å². The van der Waals surface area contributed by atoms with Gasteiger partial charge in [0, 0.05) is 30.1 Å². The quantitative estimate of drug-likeness (QED) is 0.393. The lowest BCUT2D eigenvalue weighted by Crippen LogP contribution is -2.33. The Kier molecular flexibility index (Phi) is 7.73. The zero-order valence-corrected chi connectivity index (χ0v) is 21.9. The Labute approximate surface area is 216 Å². The van der Waals surface area contributed by atoms with Crippen LogP contribution in [0.1, 0.15) is 50.2 Å². The van der Waals surface area contributed by atoms with Gasteiger partial charge in [0.15, 0.2) is 5.69 Å². The van der Waals surface area contributed by atoms with Gasteiger partial charge >= 0.3 is 0 Å². The molecule has 1 aliphatic rings. The number of nitrogens with one attached hydrogen (secondary N) is 1. The molecule has 1 N–H and O–H groups in total. The van der Waals surface area contributed by atoms with Crippen molar-refractivity contribution in [1.29, 1.82) is 0 Å². The van der Waals surface area contributed by atoms with Crippen molar-refractivity contribution in [2.75, 3.05) is 18.9 Å². The molecule has 0 spiro atoms. The van der Waals surface area contributed by atoms with E-state index in [2.05, 4.69) is 34.9 Å². The standard InChI is InChI=1S/C21H25ClF2N8O4S/c1-10(17-25-7-12(22)8-26-17)11(2)37(33,34)31-21-30-29-18(14-6-5-13(14)16(23)24)32(21)15-19(35-3)27-9-28-20(15)36-4/h7-11,13-14,16H,5-6H2,1-4H3,(H,30,31)/t10-,11-,13-,14-/m0/s1. The summed E-state index contributed by atoms with van der Waals surface area (Å²) in [5.41, 5.74) is 0.0758. The number of rotatable bonds is 10. The average Bonchev–Trinajstić information content (AvgIpc) is 3.23. The van der Waals surface area contributed by atoms with Gasteiger partial charge in [-0.25, -0.2) is 27.2 Å². The second-order valence-electron chi connectivity index (χ2n) is 8.54. The van der Waals surface area contributed by atoms with Crippen LogP contribution >= 0.6 is 11.6 Å². The van der Waals surface area contributed by atoms with Crippen LogP contribution in [0.3, 0.4) is 0 Å². The molecule has 200 valence electrons. The number of aromatic nitrogens is 7. The van der Waals surface area contributed by atoms with Crippen molar-refractivity contribution in [3.05, 3.63) is 35.4 Å². The second-order valence-corrected chi connectivity index (χ2v) is 11.0. The lowest BCUT2D eigenvalue weighted by molar-refractivity contribution is 0.0139. The number of hydrogen-bond donors (Lipinski definition) is 1. The highest BCUT2D eigenvalue weighted by Crippen LogP contribution is 2.47. The fraction of sp³-hybridized carbons (Fsp3) is 0.524. The molecular formula is C21H25ClF2N8O4S. The molecular weight excluding hydrogens is 534 g/mol. The third-order valence-corrected chi connectivity index (χ3v) is 8.56. The van der Waals surface area contributed by atoms with Crippen molar-refractivity contribution in [2.45, 2.75) is 50.2 Å². The van der Waals surface area contributed by atoms with Crippen LogP contribution < -0.4 is 14.2 Å². The molecule has 16 heteroatoms. The Balaban J connectivity index is 1.78. The number of hydrogen-bond acceptors (Lipinski definition) is 10. The van der Waals surface area contributed by atoms with E-state index in [1.54, 1.807) is 6.92 Å². The van der Waals surface area contributed by atoms with Gasteiger partial charge in [-0.2, -0.15) is 9.97 Å². The highest BCUT2D eigenvalue weighted by atomic mass is 35.5. The molecule has 1 saturated carbocycles. The highest BCUT2D eigenvalue weighted by molar-refractivity contribution is 7.93. The molecule has 4 rings (SSSR count). The smallest absolute Gasteiger partial charge is 0.245 e. The molecule has 0 radical (unpaired) electrons. The van der Waals surface area contributed by atoms with Crippen molar-refractivity contribution in [3.63, 3.8) is 0 Å². The Morgan fingerprint density at radius 2 is 1.68 bits per heavy atom. The number of ether oxygens (including phenoxy) is 2. The van der Waals surface area contributed by atoms with E-state index in [0.717, 1.165) is 0 Å². The molecule has 37 heavy (non-hydrogen) atoms. The van der Waals surface area contributed by atoms with Crippen molar-refractivity contribution in [1.82, 2.24) is 34.7 Å². The molecule has 0 saturated heterocycles.